The number of hydrogen-bond donors (Lipinski definition) is 2. The molecule has 2 heterocycles. The maximum atomic E-state index is 11.9. The van der Waals surface area contributed by atoms with Gasteiger partial charge >= 0.3 is 6.03 Å². The van der Waals surface area contributed by atoms with Crippen molar-refractivity contribution in [1.82, 2.24) is 20.5 Å². The Hall–Kier alpha value is -1.66. The van der Waals surface area contributed by atoms with Gasteiger partial charge in [-0.1, -0.05) is 6.07 Å². The Morgan fingerprint density at radius 2 is 2.17 bits per heavy atom. The number of nitrogens with one attached hydrogen (secondary N) is 2. The lowest BCUT2D eigenvalue weighted by Crippen LogP contribution is -2.48. The average molecular weight is 334 g/mol. The second-order valence-corrected chi connectivity index (χ2v) is 6.54. The molecule has 1 aliphatic heterocycles. The number of hydrogen-bond acceptors (Lipinski definition) is 4. The van der Waals surface area contributed by atoms with Gasteiger partial charge in [0.2, 0.25) is 0 Å². The second kappa shape index (κ2) is 10.3. The van der Waals surface area contributed by atoms with E-state index in [1.807, 2.05) is 32.2 Å². The molecule has 0 spiro atoms. The van der Waals surface area contributed by atoms with Crippen LogP contribution in [0.3, 0.4) is 0 Å². The molecule has 0 aliphatic carbocycles. The van der Waals surface area contributed by atoms with Gasteiger partial charge in [0.1, 0.15) is 0 Å². The Bertz CT molecular complexity index is 473. The molecule has 2 rings (SSSR count). The third-order valence-electron chi connectivity index (χ3n) is 4.09. The topological polar surface area (TPSA) is 66.5 Å². The quantitative estimate of drug-likeness (QED) is 0.715. The summed E-state index contributed by atoms with van der Waals surface area (Å²) in [7, 11) is 0. The zero-order valence-electron chi connectivity index (χ0n) is 14.8. The van der Waals surface area contributed by atoms with Crippen LogP contribution in [0, 0.1) is 0 Å². The molecule has 24 heavy (non-hydrogen) atoms. The minimum atomic E-state index is -0.0669. The van der Waals surface area contributed by atoms with Crippen molar-refractivity contribution >= 4 is 6.03 Å². The normalized spacial score (nSPS) is 16.3. The van der Waals surface area contributed by atoms with Crippen LogP contribution in [0.25, 0.3) is 0 Å². The summed E-state index contributed by atoms with van der Waals surface area (Å²) in [4.78, 5) is 18.7. The molecule has 1 aromatic rings. The van der Waals surface area contributed by atoms with Gasteiger partial charge in [0.15, 0.2) is 0 Å². The number of ether oxygens (including phenoxy) is 1. The van der Waals surface area contributed by atoms with Crippen molar-refractivity contribution in [2.45, 2.75) is 51.8 Å². The molecule has 1 saturated heterocycles. The third kappa shape index (κ3) is 7.27. The molecule has 2 N–H and O–H groups in total. The van der Waals surface area contributed by atoms with Crippen molar-refractivity contribution in [1.29, 1.82) is 0 Å². The molecule has 0 unspecified atom stereocenters. The predicted octanol–water partition coefficient (Wildman–Crippen LogP) is 2.16. The van der Waals surface area contributed by atoms with Crippen LogP contribution in [0.1, 0.15) is 38.8 Å². The van der Waals surface area contributed by atoms with Gasteiger partial charge in [-0.05, 0) is 45.2 Å². The summed E-state index contributed by atoms with van der Waals surface area (Å²) in [5.41, 5.74) is 1.10. The summed E-state index contributed by atoms with van der Waals surface area (Å²) in [6.45, 7) is 8.23. The minimum absolute atomic E-state index is 0.0669. The molecule has 0 atom stereocenters. The van der Waals surface area contributed by atoms with Crippen LogP contribution in [-0.4, -0.2) is 54.3 Å². The highest BCUT2D eigenvalue weighted by molar-refractivity contribution is 5.74. The van der Waals surface area contributed by atoms with Crippen molar-refractivity contribution in [3.8, 4) is 0 Å². The maximum Gasteiger partial charge on any atom is 0.315 e. The van der Waals surface area contributed by atoms with Crippen molar-refractivity contribution in [2.75, 3.05) is 26.2 Å². The SMILES string of the molecule is CC(C)OCCCNC(=O)NC1CCN(Cc2ccccn2)CC1. The molecule has 1 aromatic heterocycles. The Kier molecular flexibility index (Phi) is 7.98. The lowest BCUT2D eigenvalue weighted by Gasteiger charge is -2.32. The van der Waals surface area contributed by atoms with Gasteiger partial charge in [0, 0.05) is 45.0 Å². The van der Waals surface area contributed by atoms with E-state index < -0.39 is 0 Å². The van der Waals surface area contributed by atoms with Crippen molar-refractivity contribution < 1.29 is 9.53 Å². The molecule has 0 bridgehead atoms. The fourth-order valence-electron chi connectivity index (χ4n) is 2.79. The van der Waals surface area contributed by atoms with Gasteiger partial charge in [-0.3, -0.25) is 9.88 Å². The van der Waals surface area contributed by atoms with Crippen LogP contribution in [0.5, 0.6) is 0 Å². The highest BCUT2D eigenvalue weighted by Gasteiger charge is 2.20. The minimum Gasteiger partial charge on any atom is -0.379 e. The zero-order chi connectivity index (χ0) is 17.2. The largest absolute Gasteiger partial charge is 0.379 e. The molecule has 0 saturated carbocycles. The number of pyridine rings is 1. The Labute approximate surface area is 145 Å². The van der Waals surface area contributed by atoms with Crippen molar-refractivity contribution in [2.24, 2.45) is 0 Å². The molecular weight excluding hydrogens is 304 g/mol. The van der Waals surface area contributed by atoms with E-state index in [2.05, 4.69) is 26.6 Å². The Balaban J connectivity index is 1.56. The number of aromatic nitrogens is 1. The van der Waals surface area contributed by atoms with E-state index in [4.69, 9.17) is 4.74 Å². The van der Waals surface area contributed by atoms with E-state index in [1.54, 1.807) is 0 Å². The second-order valence-electron chi connectivity index (χ2n) is 6.54. The first kappa shape index (κ1) is 18.7. The summed E-state index contributed by atoms with van der Waals surface area (Å²) < 4.78 is 5.45. The number of urea groups is 1. The summed E-state index contributed by atoms with van der Waals surface area (Å²) in [6, 6.07) is 6.21. The van der Waals surface area contributed by atoms with E-state index >= 15 is 0 Å². The van der Waals surface area contributed by atoms with Gasteiger partial charge in [0.25, 0.3) is 0 Å². The fourth-order valence-corrected chi connectivity index (χ4v) is 2.79. The summed E-state index contributed by atoms with van der Waals surface area (Å²) >= 11 is 0. The van der Waals surface area contributed by atoms with Crippen molar-refractivity contribution in [3.63, 3.8) is 0 Å². The lowest BCUT2D eigenvalue weighted by atomic mass is 10.1. The number of nitrogens with zero attached hydrogens (tertiary/aromatic N) is 2. The summed E-state index contributed by atoms with van der Waals surface area (Å²) in [5.74, 6) is 0. The first-order valence-electron chi connectivity index (χ1n) is 8.91. The molecule has 2 amide bonds. The molecule has 6 heteroatoms. The average Bonchev–Trinajstić information content (AvgIpc) is 2.57. The molecule has 134 valence electrons. The molecule has 6 nitrogen and oxygen atoms in total. The standard InChI is InChI=1S/C18H30N4O2/c1-15(2)24-13-5-10-20-18(23)21-16-7-11-22(12-8-16)14-17-6-3-4-9-19-17/h3-4,6,9,15-16H,5,7-8,10-14H2,1-2H3,(H2,20,21,23). The number of piperidine rings is 1. The molecule has 0 aromatic carbocycles. The number of likely N-dealkylation sites (tertiary alicyclic amines) is 1. The first-order chi connectivity index (χ1) is 11.6. The van der Waals surface area contributed by atoms with Crippen LogP contribution in [0.4, 0.5) is 4.79 Å². The lowest BCUT2D eigenvalue weighted by molar-refractivity contribution is 0.0774. The van der Waals surface area contributed by atoms with Crippen LogP contribution >= 0.6 is 0 Å². The third-order valence-corrected chi connectivity index (χ3v) is 4.09. The fraction of sp³-hybridized carbons (Fsp3) is 0.667. The van der Waals surface area contributed by atoms with Crippen LogP contribution in [-0.2, 0) is 11.3 Å². The van der Waals surface area contributed by atoms with Crippen LogP contribution in [0.2, 0.25) is 0 Å². The van der Waals surface area contributed by atoms with E-state index in [-0.39, 0.29) is 18.2 Å². The van der Waals surface area contributed by atoms with E-state index in [9.17, 15) is 4.79 Å². The first-order valence-corrected chi connectivity index (χ1v) is 8.91. The smallest absolute Gasteiger partial charge is 0.315 e. The van der Waals surface area contributed by atoms with E-state index in [0.29, 0.717) is 13.2 Å². The van der Waals surface area contributed by atoms with Crippen LogP contribution in [0.15, 0.2) is 24.4 Å². The maximum absolute atomic E-state index is 11.9. The van der Waals surface area contributed by atoms with E-state index in [0.717, 1.165) is 44.6 Å². The predicted molar refractivity (Wildman–Crippen MR) is 94.8 cm³/mol. The number of carbonyl (C=O) groups is 1. The zero-order valence-corrected chi connectivity index (χ0v) is 14.8. The van der Waals surface area contributed by atoms with Crippen molar-refractivity contribution in [3.05, 3.63) is 30.1 Å². The molecule has 1 fully saturated rings. The van der Waals surface area contributed by atoms with Gasteiger partial charge in [0.05, 0.1) is 11.8 Å². The van der Waals surface area contributed by atoms with E-state index in [1.165, 1.54) is 0 Å². The Morgan fingerprint density at radius 3 is 2.83 bits per heavy atom. The molecule has 1 aliphatic rings. The van der Waals surface area contributed by atoms with Gasteiger partial charge in [-0.15, -0.1) is 0 Å². The Morgan fingerprint density at radius 1 is 1.38 bits per heavy atom. The van der Waals surface area contributed by atoms with Gasteiger partial charge < -0.3 is 15.4 Å². The summed E-state index contributed by atoms with van der Waals surface area (Å²) in [6.07, 6.45) is 4.89. The highest BCUT2D eigenvalue weighted by Crippen LogP contribution is 2.12. The molecule has 0 radical (unpaired) electrons. The van der Waals surface area contributed by atoms with Gasteiger partial charge in [-0.25, -0.2) is 4.79 Å². The number of amides is 2. The van der Waals surface area contributed by atoms with Gasteiger partial charge in [-0.2, -0.15) is 0 Å². The number of rotatable bonds is 8. The monoisotopic (exact) mass is 334 g/mol. The molecular formula is C18H30N4O2. The summed E-state index contributed by atoms with van der Waals surface area (Å²) in [5, 5.41) is 5.97. The highest BCUT2D eigenvalue weighted by atomic mass is 16.5. The van der Waals surface area contributed by atoms with Crippen LogP contribution < -0.4 is 10.6 Å². The number of carbonyl (C=O) groups excluding carboxylic acids is 1.